The van der Waals surface area contributed by atoms with Crippen LogP contribution in [0.5, 0.6) is 0 Å². The van der Waals surface area contributed by atoms with Gasteiger partial charge in [0, 0.05) is 33.2 Å². The Kier molecular flexibility index (Phi) is 8.71. The van der Waals surface area contributed by atoms with Crippen LogP contribution in [0.25, 0.3) is 0 Å². The van der Waals surface area contributed by atoms with E-state index in [0.29, 0.717) is 13.1 Å². The van der Waals surface area contributed by atoms with E-state index in [1.807, 2.05) is 13.8 Å². The minimum absolute atomic E-state index is 0. The van der Waals surface area contributed by atoms with Crippen molar-refractivity contribution in [3.8, 4) is 0 Å². The van der Waals surface area contributed by atoms with Crippen molar-refractivity contribution in [2.75, 3.05) is 46.4 Å². The molecule has 1 aliphatic heterocycles. The van der Waals surface area contributed by atoms with E-state index in [9.17, 15) is 9.59 Å². The van der Waals surface area contributed by atoms with E-state index in [1.165, 1.54) is 4.90 Å². The van der Waals surface area contributed by atoms with Gasteiger partial charge in [0.1, 0.15) is 6.61 Å². The highest BCUT2D eigenvalue weighted by Crippen LogP contribution is 1.97. The fourth-order valence-electron chi connectivity index (χ4n) is 1.65. The third-order valence-corrected chi connectivity index (χ3v) is 2.81. The molecule has 1 saturated heterocycles. The molecule has 7 heteroatoms. The molecule has 112 valence electrons. The van der Waals surface area contributed by atoms with Gasteiger partial charge in [0.25, 0.3) is 0 Å². The van der Waals surface area contributed by atoms with E-state index in [-0.39, 0.29) is 43.5 Å². The molecule has 0 saturated carbocycles. The maximum atomic E-state index is 11.9. The molecule has 1 heterocycles. The van der Waals surface area contributed by atoms with Gasteiger partial charge < -0.3 is 19.9 Å². The predicted octanol–water partition coefficient (Wildman–Crippen LogP) is -0.277. The van der Waals surface area contributed by atoms with Gasteiger partial charge in [-0.25, -0.2) is 0 Å². The first-order valence-electron chi connectivity index (χ1n) is 6.34. The Morgan fingerprint density at radius 1 is 1.32 bits per heavy atom. The van der Waals surface area contributed by atoms with Crippen molar-refractivity contribution < 1.29 is 14.3 Å². The first kappa shape index (κ1) is 18.1. The number of halogens is 1. The summed E-state index contributed by atoms with van der Waals surface area (Å²) in [6, 6.07) is 0. The number of ether oxygens (including phenoxy) is 1. The lowest BCUT2D eigenvalue weighted by atomic mass is 10.3. The summed E-state index contributed by atoms with van der Waals surface area (Å²) in [7, 11) is 1.63. The Hall–Kier alpha value is -0.850. The van der Waals surface area contributed by atoms with E-state index in [4.69, 9.17) is 4.74 Å². The van der Waals surface area contributed by atoms with E-state index in [2.05, 4.69) is 5.32 Å². The van der Waals surface area contributed by atoms with Crippen molar-refractivity contribution in [1.82, 2.24) is 15.1 Å². The highest BCUT2D eigenvalue weighted by molar-refractivity contribution is 5.85. The van der Waals surface area contributed by atoms with Gasteiger partial charge in [-0.3, -0.25) is 9.59 Å². The number of rotatable bonds is 5. The van der Waals surface area contributed by atoms with E-state index >= 15 is 0 Å². The van der Waals surface area contributed by atoms with Gasteiger partial charge in [-0.2, -0.15) is 0 Å². The average Bonchev–Trinajstić information content (AvgIpc) is 2.36. The number of piperazine rings is 1. The number of hydrogen-bond acceptors (Lipinski definition) is 4. The van der Waals surface area contributed by atoms with Crippen LogP contribution in [0.2, 0.25) is 0 Å². The van der Waals surface area contributed by atoms with Crippen LogP contribution in [-0.4, -0.2) is 74.1 Å². The van der Waals surface area contributed by atoms with Crippen LogP contribution in [0.15, 0.2) is 0 Å². The van der Waals surface area contributed by atoms with Gasteiger partial charge in [0.2, 0.25) is 11.8 Å². The van der Waals surface area contributed by atoms with Gasteiger partial charge in [0.05, 0.1) is 12.6 Å². The van der Waals surface area contributed by atoms with Crippen LogP contribution in [0, 0.1) is 0 Å². The van der Waals surface area contributed by atoms with Gasteiger partial charge in [0.15, 0.2) is 0 Å². The maximum absolute atomic E-state index is 11.9. The summed E-state index contributed by atoms with van der Waals surface area (Å²) in [6.07, 6.45) is 0.0196. The molecule has 0 atom stereocenters. The number of hydrogen-bond donors (Lipinski definition) is 1. The van der Waals surface area contributed by atoms with Gasteiger partial charge >= 0.3 is 0 Å². The second-order valence-corrected chi connectivity index (χ2v) is 4.74. The van der Waals surface area contributed by atoms with Crippen LogP contribution < -0.4 is 5.32 Å². The summed E-state index contributed by atoms with van der Waals surface area (Å²) in [5.41, 5.74) is 0. The molecule has 2 amide bonds. The number of amides is 2. The van der Waals surface area contributed by atoms with Gasteiger partial charge in [-0.1, -0.05) is 0 Å². The zero-order valence-corrected chi connectivity index (χ0v) is 12.7. The molecule has 0 aromatic rings. The van der Waals surface area contributed by atoms with Crippen LogP contribution in [0.3, 0.4) is 0 Å². The number of nitrogens with zero attached hydrogens (tertiary/aromatic N) is 2. The van der Waals surface area contributed by atoms with Crippen LogP contribution in [-0.2, 0) is 14.3 Å². The normalized spacial score (nSPS) is 15.1. The van der Waals surface area contributed by atoms with Crippen LogP contribution in [0.1, 0.15) is 13.8 Å². The third-order valence-electron chi connectivity index (χ3n) is 2.81. The molecule has 1 aliphatic rings. The summed E-state index contributed by atoms with van der Waals surface area (Å²) in [6.45, 7) is 6.97. The van der Waals surface area contributed by atoms with E-state index in [1.54, 1.807) is 11.9 Å². The molecule has 0 radical (unpaired) electrons. The summed E-state index contributed by atoms with van der Waals surface area (Å²) in [5.74, 6) is -0.163. The second kappa shape index (κ2) is 9.12. The molecule has 6 nitrogen and oxygen atoms in total. The fraction of sp³-hybridized carbons (Fsp3) is 0.833. The van der Waals surface area contributed by atoms with Crippen molar-refractivity contribution in [2.45, 2.75) is 20.0 Å². The summed E-state index contributed by atoms with van der Waals surface area (Å²) in [5, 5.41) is 3.18. The Morgan fingerprint density at radius 3 is 2.42 bits per heavy atom. The Morgan fingerprint density at radius 2 is 1.89 bits per heavy atom. The standard InChI is InChI=1S/C12H23N3O3.ClH/c1-10(2)18-9-12(17)14(3)8-11(16)15-6-4-13-5-7-15;/h10,13H,4-9H2,1-3H3;1H. The zero-order valence-electron chi connectivity index (χ0n) is 11.8. The Bertz CT molecular complexity index is 294. The maximum Gasteiger partial charge on any atom is 0.248 e. The van der Waals surface area contributed by atoms with Crippen LogP contribution >= 0.6 is 12.4 Å². The predicted molar refractivity (Wildman–Crippen MR) is 75.4 cm³/mol. The van der Waals surface area contributed by atoms with Crippen molar-refractivity contribution in [3.05, 3.63) is 0 Å². The van der Waals surface area contributed by atoms with Crippen LogP contribution in [0.4, 0.5) is 0 Å². The number of likely N-dealkylation sites (N-methyl/N-ethyl adjacent to an activating group) is 1. The molecular weight excluding hydrogens is 270 g/mol. The van der Waals surface area contributed by atoms with E-state index in [0.717, 1.165) is 13.1 Å². The Balaban J connectivity index is 0.00000324. The lowest BCUT2D eigenvalue weighted by molar-refractivity contribution is -0.143. The SMILES string of the molecule is CC(C)OCC(=O)N(C)CC(=O)N1CCNCC1.Cl. The summed E-state index contributed by atoms with van der Waals surface area (Å²) >= 11 is 0. The lowest BCUT2D eigenvalue weighted by Gasteiger charge is -2.29. The molecule has 0 unspecified atom stereocenters. The Labute approximate surface area is 120 Å². The summed E-state index contributed by atoms with van der Waals surface area (Å²) < 4.78 is 5.23. The number of carbonyl (C=O) groups is 2. The minimum Gasteiger partial charge on any atom is -0.369 e. The molecule has 0 aliphatic carbocycles. The quantitative estimate of drug-likeness (QED) is 0.758. The smallest absolute Gasteiger partial charge is 0.248 e. The molecule has 1 N–H and O–H groups in total. The highest BCUT2D eigenvalue weighted by Gasteiger charge is 2.19. The van der Waals surface area contributed by atoms with Crippen molar-refractivity contribution in [2.24, 2.45) is 0 Å². The summed E-state index contributed by atoms with van der Waals surface area (Å²) in [4.78, 5) is 26.8. The topological polar surface area (TPSA) is 61.9 Å². The average molecular weight is 294 g/mol. The second-order valence-electron chi connectivity index (χ2n) is 4.74. The number of carbonyl (C=O) groups excluding carboxylic acids is 2. The molecule has 19 heavy (non-hydrogen) atoms. The lowest BCUT2D eigenvalue weighted by Crippen LogP contribution is -2.50. The molecule has 1 rings (SSSR count). The molecule has 0 bridgehead atoms. The monoisotopic (exact) mass is 293 g/mol. The van der Waals surface area contributed by atoms with Crippen molar-refractivity contribution in [1.29, 1.82) is 0 Å². The minimum atomic E-state index is -0.160. The molecular formula is C12H24ClN3O3. The number of nitrogens with one attached hydrogen (secondary N) is 1. The zero-order chi connectivity index (χ0) is 13.5. The first-order valence-corrected chi connectivity index (χ1v) is 6.34. The fourth-order valence-corrected chi connectivity index (χ4v) is 1.65. The highest BCUT2D eigenvalue weighted by atomic mass is 35.5. The third kappa shape index (κ3) is 6.75. The first-order chi connectivity index (χ1) is 8.50. The molecule has 1 fully saturated rings. The molecule has 0 spiro atoms. The van der Waals surface area contributed by atoms with E-state index < -0.39 is 0 Å². The van der Waals surface area contributed by atoms with Crippen molar-refractivity contribution in [3.63, 3.8) is 0 Å². The molecule has 0 aromatic heterocycles. The van der Waals surface area contributed by atoms with Gasteiger partial charge in [-0.15, -0.1) is 12.4 Å². The van der Waals surface area contributed by atoms with Crippen molar-refractivity contribution >= 4 is 24.2 Å². The van der Waals surface area contributed by atoms with Gasteiger partial charge in [-0.05, 0) is 13.8 Å². The largest absolute Gasteiger partial charge is 0.369 e. The molecule has 0 aromatic carbocycles.